The molecule has 0 saturated carbocycles. The number of hydrogen-bond donors (Lipinski definition) is 1. The summed E-state index contributed by atoms with van der Waals surface area (Å²) in [6.45, 7) is 3.35. The average molecular weight is 409 g/mol. The molecule has 1 fully saturated rings. The zero-order valence-electron chi connectivity index (χ0n) is 16.1. The quantitative estimate of drug-likeness (QED) is 0.699. The van der Waals surface area contributed by atoms with Crippen LogP contribution in [0.25, 0.3) is 5.69 Å². The highest BCUT2D eigenvalue weighted by molar-refractivity contribution is 6.31. The van der Waals surface area contributed by atoms with E-state index in [2.05, 4.69) is 10.4 Å². The van der Waals surface area contributed by atoms with Gasteiger partial charge in [0.2, 0.25) is 0 Å². The number of carbonyl (C=O) groups excluding carboxylic acids is 2. The Labute approximate surface area is 174 Å². The molecule has 0 unspecified atom stereocenters. The van der Waals surface area contributed by atoms with Crippen molar-refractivity contribution in [3.63, 3.8) is 0 Å². The largest absolute Gasteiger partial charge is 0.339 e. The van der Waals surface area contributed by atoms with Crippen LogP contribution in [0.4, 0.5) is 5.69 Å². The second-order valence-corrected chi connectivity index (χ2v) is 7.50. The van der Waals surface area contributed by atoms with E-state index < -0.39 is 0 Å². The lowest BCUT2D eigenvalue weighted by Crippen LogP contribution is -2.29. The van der Waals surface area contributed by atoms with Crippen LogP contribution in [0.5, 0.6) is 0 Å². The minimum Gasteiger partial charge on any atom is -0.339 e. The van der Waals surface area contributed by atoms with E-state index in [1.54, 1.807) is 33.8 Å². The SMILES string of the molecule is Cc1cc(C(=O)Nc2cc(Cl)ccc2C(=O)N2CCCC2)nn1-c1ccccc1. The van der Waals surface area contributed by atoms with E-state index in [0.29, 0.717) is 16.3 Å². The molecule has 0 spiro atoms. The molecule has 6 nitrogen and oxygen atoms in total. The minimum absolute atomic E-state index is 0.0968. The van der Waals surface area contributed by atoms with E-state index in [1.807, 2.05) is 37.3 Å². The second-order valence-electron chi connectivity index (χ2n) is 7.06. The number of halogens is 1. The second kappa shape index (κ2) is 8.09. The number of nitrogens with one attached hydrogen (secondary N) is 1. The minimum atomic E-state index is -0.388. The Hall–Kier alpha value is -3.12. The van der Waals surface area contributed by atoms with Crippen molar-refractivity contribution < 1.29 is 9.59 Å². The highest BCUT2D eigenvalue weighted by atomic mass is 35.5. The number of anilines is 1. The average Bonchev–Trinajstić information content (AvgIpc) is 3.38. The summed E-state index contributed by atoms with van der Waals surface area (Å²) in [5.41, 5.74) is 2.80. The number of para-hydroxylation sites is 1. The maximum absolute atomic E-state index is 12.9. The van der Waals surface area contributed by atoms with Gasteiger partial charge in [-0.05, 0) is 56.2 Å². The Kier molecular flexibility index (Phi) is 5.36. The van der Waals surface area contributed by atoms with Gasteiger partial charge in [-0.15, -0.1) is 0 Å². The van der Waals surface area contributed by atoms with Crippen molar-refractivity contribution in [1.82, 2.24) is 14.7 Å². The molecule has 2 amide bonds. The van der Waals surface area contributed by atoms with Gasteiger partial charge in [0.1, 0.15) is 0 Å². The lowest BCUT2D eigenvalue weighted by molar-refractivity contribution is 0.0794. The Morgan fingerprint density at radius 3 is 2.48 bits per heavy atom. The topological polar surface area (TPSA) is 67.2 Å². The van der Waals surface area contributed by atoms with Crippen LogP contribution in [0.15, 0.2) is 54.6 Å². The maximum atomic E-state index is 12.9. The van der Waals surface area contributed by atoms with Crippen LogP contribution in [0.3, 0.4) is 0 Å². The highest BCUT2D eigenvalue weighted by Crippen LogP contribution is 2.25. The number of benzene rings is 2. The van der Waals surface area contributed by atoms with E-state index in [-0.39, 0.29) is 17.5 Å². The van der Waals surface area contributed by atoms with Crippen molar-refractivity contribution in [2.75, 3.05) is 18.4 Å². The number of carbonyl (C=O) groups is 2. The molecule has 3 aromatic rings. The lowest BCUT2D eigenvalue weighted by atomic mass is 10.1. The van der Waals surface area contributed by atoms with Crippen LogP contribution in [-0.2, 0) is 0 Å². The fourth-order valence-electron chi connectivity index (χ4n) is 3.50. The molecule has 0 aliphatic carbocycles. The van der Waals surface area contributed by atoms with Crippen molar-refractivity contribution in [3.8, 4) is 5.69 Å². The first kappa shape index (κ1) is 19.2. The van der Waals surface area contributed by atoms with Crippen molar-refractivity contribution in [1.29, 1.82) is 0 Å². The smallest absolute Gasteiger partial charge is 0.276 e. The van der Waals surface area contributed by atoms with Gasteiger partial charge in [-0.2, -0.15) is 5.10 Å². The van der Waals surface area contributed by atoms with E-state index in [0.717, 1.165) is 37.3 Å². The molecule has 1 saturated heterocycles. The zero-order valence-corrected chi connectivity index (χ0v) is 16.8. The summed E-state index contributed by atoms with van der Waals surface area (Å²) >= 11 is 6.12. The van der Waals surface area contributed by atoms with Crippen LogP contribution in [0.2, 0.25) is 5.02 Å². The molecule has 0 radical (unpaired) electrons. The first-order valence-corrected chi connectivity index (χ1v) is 9.93. The number of nitrogens with zero attached hydrogens (tertiary/aromatic N) is 3. The molecule has 2 aromatic carbocycles. The van der Waals surface area contributed by atoms with Crippen LogP contribution in [-0.4, -0.2) is 39.6 Å². The third-order valence-electron chi connectivity index (χ3n) is 4.97. The summed E-state index contributed by atoms with van der Waals surface area (Å²) in [6.07, 6.45) is 1.99. The molecular weight excluding hydrogens is 388 g/mol. The summed E-state index contributed by atoms with van der Waals surface area (Å²) in [5, 5.41) is 7.69. The van der Waals surface area contributed by atoms with Crippen molar-refractivity contribution in [2.45, 2.75) is 19.8 Å². The number of rotatable bonds is 4. The molecule has 0 atom stereocenters. The predicted octanol–water partition coefficient (Wildman–Crippen LogP) is 4.32. The summed E-state index contributed by atoms with van der Waals surface area (Å²) in [5.74, 6) is -0.485. The number of hydrogen-bond acceptors (Lipinski definition) is 3. The van der Waals surface area contributed by atoms with Gasteiger partial charge in [-0.1, -0.05) is 29.8 Å². The summed E-state index contributed by atoms with van der Waals surface area (Å²) in [4.78, 5) is 27.5. The molecular formula is C22H21ClN4O2. The molecule has 1 aliphatic rings. The molecule has 1 aromatic heterocycles. The molecule has 2 heterocycles. The van der Waals surface area contributed by atoms with Crippen molar-refractivity contribution in [2.24, 2.45) is 0 Å². The molecule has 4 rings (SSSR count). The molecule has 1 aliphatic heterocycles. The molecule has 148 valence electrons. The normalized spacial score (nSPS) is 13.5. The zero-order chi connectivity index (χ0) is 20.4. The van der Waals surface area contributed by atoms with Gasteiger partial charge in [-0.3, -0.25) is 9.59 Å². The predicted molar refractivity (Wildman–Crippen MR) is 113 cm³/mol. The molecule has 0 bridgehead atoms. The van der Waals surface area contributed by atoms with Crippen molar-refractivity contribution >= 4 is 29.1 Å². The standard InChI is InChI=1S/C22H21ClN4O2/c1-15-13-20(25-27(15)17-7-3-2-4-8-17)21(28)24-19-14-16(23)9-10-18(19)22(29)26-11-5-6-12-26/h2-4,7-10,13-14H,5-6,11-12H2,1H3,(H,24,28). The van der Waals surface area contributed by atoms with E-state index in [9.17, 15) is 9.59 Å². The molecule has 7 heteroatoms. The van der Waals surface area contributed by atoms with Gasteiger partial charge in [0.05, 0.1) is 16.9 Å². The molecule has 29 heavy (non-hydrogen) atoms. The van der Waals surface area contributed by atoms with Gasteiger partial charge in [0.25, 0.3) is 11.8 Å². The van der Waals surface area contributed by atoms with Crippen LogP contribution in [0, 0.1) is 6.92 Å². The molecule has 1 N–H and O–H groups in total. The van der Waals surface area contributed by atoms with Gasteiger partial charge in [0, 0.05) is 23.8 Å². The van der Waals surface area contributed by atoms with Gasteiger partial charge >= 0.3 is 0 Å². The first-order valence-electron chi connectivity index (χ1n) is 9.55. The van der Waals surface area contributed by atoms with E-state index >= 15 is 0 Å². The summed E-state index contributed by atoms with van der Waals surface area (Å²) in [7, 11) is 0. The highest BCUT2D eigenvalue weighted by Gasteiger charge is 2.23. The Morgan fingerprint density at radius 2 is 1.76 bits per heavy atom. The van der Waals surface area contributed by atoms with E-state index in [4.69, 9.17) is 11.6 Å². The third kappa shape index (κ3) is 4.03. The third-order valence-corrected chi connectivity index (χ3v) is 5.21. The summed E-state index contributed by atoms with van der Waals surface area (Å²) in [6, 6.07) is 16.2. The fourth-order valence-corrected chi connectivity index (χ4v) is 3.67. The maximum Gasteiger partial charge on any atom is 0.276 e. The van der Waals surface area contributed by atoms with E-state index in [1.165, 1.54) is 0 Å². The van der Waals surface area contributed by atoms with Gasteiger partial charge < -0.3 is 10.2 Å². The lowest BCUT2D eigenvalue weighted by Gasteiger charge is -2.18. The number of amides is 2. The van der Waals surface area contributed by atoms with Gasteiger partial charge in [0.15, 0.2) is 5.69 Å². The van der Waals surface area contributed by atoms with Crippen molar-refractivity contribution in [3.05, 3.63) is 76.6 Å². The number of likely N-dealkylation sites (tertiary alicyclic amines) is 1. The number of aryl methyl sites for hydroxylation is 1. The Balaban J connectivity index is 1.60. The Morgan fingerprint density at radius 1 is 1.03 bits per heavy atom. The Bertz CT molecular complexity index is 1060. The first-order chi connectivity index (χ1) is 14.0. The van der Waals surface area contributed by atoms with Crippen LogP contribution in [0.1, 0.15) is 39.4 Å². The fraction of sp³-hybridized carbons (Fsp3) is 0.227. The van der Waals surface area contributed by atoms with Crippen LogP contribution >= 0.6 is 11.6 Å². The van der Waals surface area contributed by atoms with Gasteiger partial charge in [-0.25, -0.2) is 4.68 Å². The monoisotopic (exact) mass is 408 g/mol. The number of aromatic nitrogens is 2. The summed E-state index contributed by atoms with van der Waals surface area (Å²) < 4.78 is 1.71. The van der Waals surface area contributed by atoms with Crippen LogP contribution < -0.4 is 5.32 Å².